The number of hydrogen-bond donors (Lipinski definition) is 2. The Labute approximate surface area is 109 Å². The highest BCUT2D eigenvalue weighted by Gasteiger charge is 2.17. The molecule has 106 valence electrons. The maximum absolute atomic E-state index is 11.7. The van der Waals surface area contributed by atoms with E-state index in [0.29, 0.717) is 18.9 Å². The molecule has 3 N–H and O–H groups in total. The Morgan fingerprint density at radius 2 is 1.89 bits per heavy atom. The van der Waals surface area contributed by atoms with Crippen molar-refractivity contribution in [3.8, 4) is 0 Å². The van der Waals surface area contributed by atoms with E-state index in [2.05, 4.69) is 10.1 Å². The zero-order chi connectivity index (χ0) is 14.0. The van der Waals surface area contributed by atoms with Crippen LogP contribution in [0.2, 0.25) is 0 Å². The van der Waals surface area contributed by atoms with E-state index in [9.17, 15) is 9.59 Å². The van der Waals surface area contributed by atoms with Gasteiger partial charge in [0, 0.05) is 12.5 Å². The first kappa shape index (κ1) is 16.9. The first-order chi connectivity index (χ1) is 8.49. The number of carbonyl (C=O) groups excluding carboxylic acids is 2. The normalized spacial score (nSPS) is 12.3. The van der Waals surface area contributed by atoms with E-state index in [1.165, 1.54) is 7.11 Å². The van der Waals surface area contributed by atoms with Gasteiger partial charge in [-0.1, -0.05) is 20.3 Å². The summed E-state index contributed by atoms with van der Waals surface area (Å²) >= 11 is 0. The third kappa shape index (κ3) is 8.98. The average molecular weight is 258 g/mol. The van der Waals surface area contributed by atoms with Crippen molar-refractivity contribution < 1.29 is 14.3 Å². The van der Waals surface area contributed by atoms with Gasteiger partial charge in [-0.15, -0.1) is 0 Å². The summed E-state index contributed by atoms with van der Waals surface area (Å²) in [5, 5.41) is 2.89. The van der Waals surface area contributed by atoms with Gasteiger partial charge in [-0.05, 0) is 25.3 Å². The molecule has 5 nitrogen and oxygen atoms in total. The Kier molecular flexibility index (Phi) is 9.28. The Morgan fingerprint density at radius 1 is 1.22 bits per heavy atom. The summed E-state index contributed by atoms with van der Waals surface area (Å²) in [6, 6.07) is -0.143. The van der Waals surface area contributed by atoms with E-state index in [4.69, 9.17) is 5.73 Å². The Balaban J connectivity index is 4.18. The van der Waals surface area contributed by atoms with E-state index in [1.54, 1.807) is 0 Å². The van der Waals surface area contributed by atoms with Crippen LogP contribution >= 0.6 is 0 Å². The van der Waals surface area contributed by atoms with Crippen LogP contribution in [0, 0.1) is 5.92 Å². The third-order valence-electron chi connectivity index (χ3n) is 2.61. The van der Waals surface area contributed by atoms with Gasteiger partial charge in [-0.2, -0.15) is 0 Å². The van der Waals surface area contributed by atoms with E-state index in [-0.39, 0.29) is 24.3 Å². The molecule has 0 fully saturated rings. The minimum absolute atomic E-state index is 0.00773. The molecule has 0 aromatic carbocycles. The van der Waals surface area contributed by atoms with Crippen molar-refractivity contribution in [2.45, 2.75) is 52.0 Å². The highest BCUT2D eigenvalue weighted by atomic mass is 16.5. The van der Waals surface area contributed by atoms with Crippen LogP contribution in [0.25, 0.3) is 0 Å². The van der Waals surface area contributed by atoms with Crippen molar-refractivity contribution in [3.05, 3.63) is 0 Å². The van der Waals surface area contributed by atoms with E-state index < -0.39 is 0 Å². The third-order valence-corrected chi connectivity index (χ3v) is 2.61. The number of nitrogens with one attached hydrogen (secondary N) is 1. The predicted molar refractivity (Wildman–Crippen MR) is 70.9 cm³/mol. The minimum atomic E-state index is -0.294. The monoisotopic (exact) mass is 258 g/mol. The fourth-order valence-corrected chi connectivity index (χ4v) is 1.70. The van der Waals surface area contributed by atoms with Crippen LogP contribution in [0.4, 0.5) is 0 Å². The van der Waals surface area contributed by atoms with Crippen LogP contribution in [0.1, 0.15) is 46.0 Å². The molecule has 0 aromatic rings. The summed E-state index contributed by atoms with van der Waals surface area (Å²) in [5.74, 6) is 0.0112. The zero-order valence-electron chi connectivity index (χ0n) is 11.7. The molecule has 0 aliphatic heterocycles. The van der Waals surface area contributed by atoms with E-state index in [0.717, 1.165) is 19.3 Å². The molecule has 0 saturated heterocycles. The maximum Gasteiger partial charge on any atom is 0.307 e. The summed E-state index contributed by atoms with van der Waals surface area (Å²) in [5.41, 5.74) is 5.43. The number of ether oxygens (including phenoxy) is 1. The molecule has 5 heteroatoms. The molecule has 0 saturated carbocycles. The van der Waals surface area contributed by atoms with Crippen molar-refractivity contribution in [1.82, 2.24) is 5.32 Å². The number of methoxy groups -OCH3 is 1. The molecule has 18 heavy (non-hydrogen) atoms. The molecular formula is C13H26N2O3. The highest BCUT2D eigenvalue weighted by molar-refractivity contribution is 5.77. The molecule has 0 spiro atoms. The lowest BCUT2D eigenvalue weighted by atomic mass is 10.0. The quantitative estimate of drug-likeness (QED) is 0.481. The number of esters is 1. The highest BCUT2D eigenvalue weighted by Crippen LogP contribution is 2.07. The lowest BCUT2D eigenvalue weighted by molar-refractivity contribution is -0.141. The second-order valence-electron chi connectivity index (χ2n) is 4.93. The molecule has 1 atom stereocenters. The van der Waals surface area contributed by atoms with Crippen LogP contribution in [-0.2, 0) is 14.3 Å². The molecule has 0 rings (SSSR count). The molecule has 0 bridgehead atoms. The Morgan fingerprint density at radius 3 is 2.39 bits per heavy atom. The fraction of sp³-hybridized carbons (Fsp3) is 0.846. The Hall–Kier alpha value is -1.10. The van der Waals surface area contributed by atoms with Crippen LogP contribution in [0.5, 0.6) is 0 Å². The number of rotatable bonds is 9. The SMILES string of the molecule is COC(=O)CC(CCCCN)NC(=O)CC(C)C. The van der Waals surface area contributed by atoms with Gasteiger partial charge in [0.25, 0.3) is 0 Å². The van der Waals surface area contributed by atoms with Crippen LogP contribution in [0.3, 0.4) is 0 Å². The zero-order valence-corrected chi connectivity index (χ0v) is 11.7. The van der Waals surface area contributed by atoms with Gasteiger partial charge in [-0.25, -0.2) is 0 Å². The summed E-state index contributed by atoms with van der Waals surface area (Å²) in [6.45, 7) is 4.61. The van der Waals surface area contributed by atoms with E-state index >= 15 is 0 Å². The van der Waals surface area contributed by atoms with Crippen molar-refractivity contribution >= 4 is 11.9 Å². The first-order valence-electron chi connectivity index (χ1n) is 6.55. The largest absolute Gasteiger partial charge is 0.469 e. The minimum Gasteiger partial charge on any atom is -0.469 e. The van der Waals surface area contributed by atoms with Gasteiger partial charge in [0.05, 0.1) is 13.5 Å². The standard InChI is InChI=1S/C13H26N2O3/c1-10(2)8-12(16)15-11(6-4-5-7-14)9-13(17)18-3/h10-11H,4-9,14H2,1-3H3,(H,15,16). The molecule has 0 aliphatic carbocycles. The van der Waals surface area contributed by atoms with Crippen molar-refractivity contribution in [2.24, 2.45) is 11.7 Å². The first-order valence-corrected chi connectivity index (χ1v) is 6.55. The van der Waals surface area contributed by atoms with Crippen LogP contribution in [-0.4, -0.2) is 31.6 Å². The number of unbranched alkanes of at least 4 members (excludes halogenated alkanes) is 1. The molecule has 0 aliphatic rings. The van der Waals surface area contributed by atoms with Crippen LogP contribution < -0.4 is 11.1 Å². The molecule has 0 aromatic heterocycles. The fourth-order valence-electron chi connectivity index (χ4n) is 1.70. The van der Waals surface area contributed by atoms with E-state index in [1.807, 2.05) is 13.8 Å². The number of hydrogen-bond acceptors (Lipinski definition) is 4. The lowest BCUT2D eigenvalue weighted by Gasteiger charge is -2.18. The molecule has 1 amide bonds. The number of nitrogens with two attached hydrogens (primary N) is 1. The van der Waals surface area contributed by atoms with Gasteiger partial charge in [0.1, 0.15) is 0 Å². The molecular weight excluding hydrogens is 232 g/mol. The summed E-state index contributed by atoms with van der Waals surface area (Å²) in [7, 11) is 1.36. The average Bonchev–Trinajstić information content (AvgIpc) is 2.27. The molecule has 1 unspecified atom stereocenters. The Bertz CT molecular complexity index is 255. The second-order valence-corrected chi connectivity index (χ2v) is 4.93. The van der Waals surface area contributed by atoms with Gasteiger partial charge >= 0.3 is 5.97 Å². The summed E-state index contributed by atoms with van der Waals surface area (Å²) in [6.07, 6.45) is 3.27. The summed E-state index contributed by atoms with van der Waals surface area (Å²) in [4.78, 5) is 22.9. The van der Waals surface area contributed by atoms with Crippen molar-refractivity contribution in [1.29, 1.82) is 0 Å². The maximum atomic E-state index is 11.7. The number of amides is 1. The van der Waals surface area contributed by atoms with Gasteiger partial charge in [0.2, 0.25) is 5.91 Å². The van der Waals surface area contributed by atoms with Crippen molar-refractivity contribution in [3.63, 3.8) is 0 Å². The predicted octanol–water partition coefficient (Wildman–Crippen LogP) is 1.21. The van der Waals surface area contributed by atoms with Crippen LogP contribution in [0.15, 0.2) is 0 Å². The topological polar surface area (TPSA) is 81.4 Å². The number of carbonyl (C=O) groups is 2. The summed E-state index contributed by atoms with van der Waals surface area (Å²) < 4.78 is 4.63. The van der Waals surface area contributed by atoms with Gasteiger partial charge < -0.3 is 15.8 Å². The molecule has 0 radical (unpaired) electrons. The van der Waals surface area contributed by atoms with Gasteiger partial charge in [-0.3, -0.25) is 9.59 Å². The van der Waals surface area contributed by atoms with Gasteiger partial charge in [0.15, 0.2) is 0 Å². The smallest absolute Gasteiger partial charge is 0.307 e. The molecule has 0 heterocycles. The van der Waals surface area contributed by atoms with Crippen molar-refractivity contribution in [2.75, 3.05) is 13.7 Å². The lowest BCUT2D eigenvalue weighted by Crippen LogP contribution is -2.37. The second kappa shape index (κ2) is 9.88.